The molecule has 0 saturated heterocycles. The van der Waals surface area contributed by atoms with Gasteiger partial charge in [0.05, 0.1) is 17.6 Å². The van der Waals surface area contributed by atoms with Gasteiger partial charge >= 0.3 is 12.1 Å². The molecule has 1 unspecified atom stereocenters. The number of benzene rings is 2. The van der Waals surface area contributed by atoms with Crippen LogP contribution in [-0.2, 0) is 17.3 Å². The zero-order valence-electron chi connectivity index (χ0n) is 18.1. The minimum absolute atomic E-state index is 0.194. The highest BCUT2D eigenvalue weighted by Crippen LogP contribution is 2.35. The normalized spacial score (nSPS) is 12.5. The molecule has 0 aliphatic carbocycles. The molecule has 10 heteroatoms. The lowest BCUT2D eigenvalue weighted by atomic mass is 10.0. The molecule has 0 aliphatic rings. The number of rotatable bonds is 7. The second-order valence-electron chi connectivity index (χ2n) is 7.67. The molecule has 34 heavy (non-hydrogen) atoms. The van der Waals surface area contributed by atoms with Crippen LogP contribution in [-0.4, -0.2) is 35.6 Å². The highest BCUT2D eigenvalue weighted by molar-refractivity contribution is 7.19. The van der Waals surface area contributed by atoms with Gasteiger partial charge in [-0.1, -0.05) is 35.6 Å². The van der Waals surface area contributed by atoms with Gasteiger partial charge in [0.2, 0.25) is 0 Å². The number of fused-ring (bicyclic) bond motifs is 1. The number of methoxy groups -OCH3 is 1. The van der Waals surface area contributed by atoms with Gasteiger partial charge in [0.15, 0.2) is 10.8 Å². The lowest BCUT2D eigenvalue weighted by Crippen LogP contribution is -2.31. The van der Waals surface area contributed by atoms with E-state index in [1.165, 1.54) is 30.6 Å². The van der Waals surface area contributed by atoms with Gasteiger partial charge in [-0.2, -0.15) is 13.2 Å². The standard InChI is InChI=1S/C24H21F3N4O2S/c1-33-22(32)20-21(16-4-5-17-12-29-9-8-15(17)11-16)34-23(31-20)30-13-19(28)10-14-2-6-18(7-3-14)24(25,26)27/h2-9,11-12,19H,10,13,28H2,1H3,(H,30,31). The van der Waals surface area contributed by atoms with Crippen molar-refractivity contribution in [1.29, 1.82) is 0 Å². The number of thiazole rings is 1. The van der Waals surface area contributed by atoms with Gasteiger partial charge in [-0.25, -0.2) is 9.78 Å². The molecule has 4 aromatic rings. The summed E-state index contributed by atoms with van der Waals surface area (Å²) < 4.78 is 43.1. The number of hydrogen-bond donors (Lipinski definition) is 2. The van der Waals surface area contributed by atoms with Crippen LogP contribution in [0.15, 0.2) is 60.9 Å². The molecule has 3 N–H and O–H groups in total. The lowest BCUT2D eigenvalue weighted by molar-refractivity contribution is -0.137. The Labute approximate surface area is 197 Å². The number of nitrogens with one attached hydrogen (secondary N) is 1. The lowest BCUT2D eigenvalue weighted by Gasteiger charge is -2.13. The molecule has 4 rings (SSSR count). The topological polar surface area (TPSA) is 90.1 Å². The third-order valence-electron chi connectivity index (χ3n) is 5.20. The number of anilines is 1. The second kappa shape index (κ2) is 9.78. The number of pyridine rings is 1. The Bertz CT molecular complexity index is 1310. The maximum atomic E-state index is 12.7. The number of nitrogens with two attached hydrogens (primary N) is 1. The fraction of sp³-hybridized carbons (Fsp3) is 0.208. The number of carbonyl (C=O) groups excluding carboxylic acids is 1. The van der Waals surface area contributed by atoms with Gasteiger partial charge in [0.1, 0.15) is 0 Å². The van der Waals surface area contributed by atoms with Gasteiger partial charge in [-0.3, -0.25) is 4.98 Å². The predicted octanol–water partition coefficient (Wildman–Crippen LogP) is 5.15. The van der Waals surface area contributed by atoms with E-state index in [1.54, 1.807) is 12.4 Å². The van der Waals surface area contributed by atoms with Gasteiger partial charge in [-0.05, 0) is 47.2 Å². The Kier molecular flexibility index (Phi) is 6.80. The van der Waals surface area contributed by atoms with Gasteiger partial charge < -0.3 is 15.8 Å². The summed E-state index contributed by atoms with van der Waals surface area (Å²) in [5, 5.41) is 5.58. The summed E-state index contributed by atoms with van der Waals surface area (Å²) in [4.78, 5) is 21.5. The SMILES string of the molecule is COC(=O)c1nc(NCC(N)Cc2ccc(C(F)(F)F)cc2)sc1-c1ccc2cnccc2c1. The predicted molar refractivity (Wildman–Crippen MR) is 126 cm³/mol. The molecule has 0 saturated carbocycles. The smallest absolute Gasteiger partial charge is 0.416 e. The van der Waals surface area contributed by atoms with E-state index >= 15 is 0 Å². The summed E-state index contributed by atoms with van der Waals surface area (Å²) >= 11 is 1.30. The number of ether oxygens (including phenoxy) is 1. The van der Waals surface area contributed by atoms with Crippen molar-refractivity contribution in [2.45, 2.75) is 18.6 Å². The van der Waals surface area contributed by atoms with E-state index in [9.17, 15) is 18.0 Å². The maximum Gasteiger partial charge on any atom is 0.416 e. The van der Waals surface area contributed by atoms with Crippen LogP contribution in [0, 0.1) is 0 Å². The van der Waals surface area contributed by atoms with Crippen molar-refractivity contribution in [3.63, 3.8) is 0 Å². The van der Waals surface area contributed by atoms with E-state index in [0.717, 1.165) is 28.5 Å². The van der Waals surface area contributed by atoms with Crippen molar-refractivity contribution in [1.82, 2.24) is 9.97 Å². The molecule has 176 valence electrons. The maximum absolute atomic E-state index is 12.7. The molecule has 0 aliphatic heterocycles. The number of aromatic nitrogens is 2. The van der Waals surface area contributed by atoms with Crippen molar-refractivity contribution < 1.29 is 22.7 Å². The van der Waals surface area contributed by atoms with E-state index in [2.05, 4.69) is 15.3 Å². The minimum atomic E-state index is -4.37. The molecule has 2 aromatic carbocycles. The Morgan fingerprint density at radius 1 is 1.15 bits per heavy atom. The van der Waals surface area contributed by atoms with Crippen LogP contribution in [0.1, 0.15) is 21.6 Å². The largest absolute Gasteiger partial charge is 0.464 e. The van der Waals surface area contributed by atoms with Crippen LogP contribution in [0.4, 0.5) is 18.3 Å². The van der Waals surface area contributed by atoms with Crippen molar-refractivity contribution in [2.75, 3.05) is 19.0 Å². The fourth-order valence-corrected chi connectivity index (χ4v) is 4.43. The van der Waals surface area contributed by atoms with Gasteiger partial charge in [-0.15, -0.1) is 0 Å². The van der Waals surface area contributed by atoms with Crippen LogP contribution in [0.25, 0.3) is 21.2 Å². The summed E-state index contributed by atoms with van der Waals surface area (Å²) in [6, 6.07) is 12.2. The highest BCUT2D eigenvalue weighted by atomic mass is 32.1. The molecule has 0 bridgehead atoms. The molecule has 0 fully saturated rings. The average Bonchev–Trinajstić information content (AvgIpc) is 3.26. The van der Waals surface area contributed by atoms with E-state index < -0.39 is 17.7 Å². The molecule has 0 spiro atoms. The van der Waals surface area contributed by atoms with Crippen LogP contribution in [0.2, 0.25) is 0 Å². The third-order valence-corrected chi connectivity index (χ3v) is 6.27. The fourth-order valence-electron chi connectivity index (χ4n) is 3.47. The first kappa shape index (κ1) is 23.7. The monoisotopic (exact) mass is 486 g/mol. The number of nitrogens with zero attached hydrogens (tertiary/aromatic N) is 2. The molecule has 1 atom stereocenters. The van der Waals surface area contributed by atoms with Crippen molar-refractivity contribution >= 4 is 33.2 Å². The molecule has 0 amide bonds. The first-order valence-corrected chi connectivity index (χ1v) is 11.1. The Morgan fingerprint density at radius 2 is 1.91 bits per heavy atom. The van der Waals surface area contributed by atoms with Crippen LogP contribution in [0.5, 0.6) is 0 Å². The Balaban J connectivity index is 1.48. The van der Waals surface area contributed by atoms with Crippen molar-refractivity contribution in [3.8, 4) is 10.4 Å². The number of esters is 1. The zero-order valence-corrected chi connectivity index (χ0v) is 18.9. The summed E-state index contributed by atoms with van der Waals surface area (Å²) in [7, 11) is 1.30. The quantitative estimate of drug-likeness (QED) is 0.352. The molecule has 6 nitrogen and oxygen atoms in total. The minimum Gasteiger partial charge on any atom is -0.464 e. The molecule has 2 aromatic heterocycles. The van der Waals surface area contributed by atoms with E-state index in [1.807, 2.05) is 24.3 Å². The van der Waals surface area contributed by atoms with Crippen LogP contribution < -0.4 is 11.1 Å². The van der Waals surface area contributed by atoms with E-state index in [4.69, 9.17) is 10.5 Å². The third kappa shape index (κ3) is 5.35. The summed E-state index contributed by atoms with van der Waals surface area (Å²) in [6.07, 6.45) is -0.529. The first-order chi connectivity index (χ1) is 16.2. The number of halogens is 3. The zero-order chi connectivity index (χ0) is 24.3. The van der Waals surface area contributed by atoms with Gasteiger partial charge in [0, 0.05) is 30.4 Å². The van der Waals surface area contributed by atoms with Crippen molar-refractivity contribution in [2.24, 2.45) is 5.73 Å². The molecule has 2 heterocycles. The number of carbonyl (C=O) groups is 1. The van der Waals surface area contributed by atoms with E-state index in [-0.39, 0.29) is 11.7 Å². The number of alkyl halides is 3. The molecular formula is C24H21F3N4O2S. The molecular weight excluding hydrogens is 465 g/mol. The summed E-state index contributed by atoms with van der Waals surface area (Å²) in [5.41, 5.74) is 7.19. The van der Waals surface area contributed by atoms with Gasteiger partial charge in [0.25, 0.3) is 0 Å². The Hall–Kier alpha value is -3.50. The van der Waals surface area contributed by atoms with Crippen LogP contribution in [0.3, 0.4) is 0 Å². The summed E-state index contributed by atoms with van der Waals surface area (Å²) in [5.74, 6) is -0.553. The average molecular weight is 487 g/mol. The van der Waals surface area contributed by atoms with E-state index in [0.29, 0.717) is 28.5 Å². The number of hydrogen-bond acceptors (Lipinski definition) is 7. The van der Waals surface area contributed by atoms with Crippen molar-refractivity contribution in [3.05, 3.63) is 77.7 Å². The Morgan fingerprint density at radius 3 is 2.62 bits per heavy atom. The summed E-state index contributed by atoms with van der Waals surface area (Å²) in [6.45, 7) is 0.317. The first-order valence-electron chi connectivity index (χ1n) is 10.3. The molecule has 0 radical (unpaired) electrons. The second-order valence-corrected chi connectivity index (χ2v) is 8.66. The highest BCUT2D eigenvalue weighted by Gasteiger charge is 2.30. The van der Waals surface area contributed by atoms with Crippen LogP contribution >= 0.6 is 11.3 Å².